The lowest BCUT2D eigenvalue weighted by atomic mass is 10.2. The lowest BCUT2D eigenvalue weighted by Crippen LogP contribution is -2.50. The highest BCUT2D eigenvalue weighted by Crippen LogP contribution is 2.19. The van der Waals surface area contributed by atoms with Gasteiger partial charge in [0.05, 0.1) is 0 Å². The van der Waals surface area contributed by atoms with Crippen LogP contribution in [0.1, 0.15) is 6.92 Å². The van der Waals surface area contributed by atoms with Crippen molar-refractivity contribution < 1.29 is 14.3 Å². The zero-order valence-corrected chi connectivity index (χ0v) is 14.9. The first-order chi connectivity index (χ1) is 12.6. The maximum Gasteiger partial charge on any atom is 0.260 e. The SMILES string of the molecule is CC(=O)Nc1ccc(N2CCN(C(=O)COc3ccccc3)CC2)cc1. The Morgan fingerprint density at radius 1 is 0.962 bits per heavy atom. The third-order valence-electron chi connectivity index (χ3n) is 4.29. The Bertz CT molecular complexity index is 739. The molecule has 1 N–H and O–H groups in total. The van der Waals surface area contributed by atoms with E-state index in [0.29, 0.717) is 18.8 Å². The molecule has 26 heavy (non-hydrogen) atoms. The number of rotatable bonds is 5. The van der Waals surface area contributed by atoms with Crippen molar-refractivity contribution in [1.29, 1.82) is 0 Å². The fourth-order valence-electron chi connectivity index (χ4n) is 2.93. The van der Waals surface area contributed by atoms with E-state index < -0.39 is 0 Å². The second-order valence-corrected chi connectivity index (χ2v) is 6.20. The highest BCUT2D eigenvalue weighted by molar-refractivity contribution is 5.88. The van der Waals surface area contributed by atoms with Crippen LogP contribution in [0.15, 0.2) is 54.6 Å². The van der Waals surface area contributed by atoms with Gasteiger partial charge in [-0.2, -0.15) is 0 Å². The molecule has 0 saturated carbocycles. The smallest absolute Gasteiger partial charge is 0.260 e. The molecule has 0 spiro atoms. The van der Waals surface area contributed by atoms with Crippen LogP contribution in [0.5, 0.6) is 5.75 Å². The summed E-state index contributed by atoms with van der Waals surface area (Å²) in [6, 6.07) is 17.1. The van der Waals surface area contributed by atoms with E-state index >= 15 is 0 Å². The molecule has 136 valence electrons. The molecule has 0 aromatic heterocycles. The number of piperazine rings is 1. The van der Waals surface area contributed by atoms with Crippen molar-refractivity contribution in [3.63, 3.8) is 0 Å². The molecule has 6 heteroatoms. The maximum atomic E-state index is 12.3. The number of carbonyl (C=O) groups is 2. The van der Waals surface area contributed by atoms with Crippen LogP contribution in [-0.4, -0.2) is 49.5 Å². The quantitative estimate of drug-likeness (QED) is 0.896. The van der Waals surface area contributed by atoms with E-state index in [1.807, 2.05) is 59.5 Å². The zero-order chi connectivity index (χ0) is 18.4. The van der Waals surface area contributed by atoms with Gasteiger partial charge in [0.2, 0.25) is 5.91 Å². The topological polar surface area (TPSA) is 61.9 Å². The van der Waals surface area contributed by atoms with E-state index in [1.54, 1.807) is 0 Å². The Morgan fingerprint density at radius 3 is 2.23 bits per heavy atom. The average molecular weight is 353 g/mol. The second kappa shape index (κ2) is 8.38. The Balaban J connectivity index is 1.47. The van der Waals surface area contributed by atoms with Crippen LogP contribution in [0.4, 0.5) is 11.4 Å². The summed E-state index contributed by atoms with van der Waals surface area (Å²) in [7, 11) is 0. The molecule has 1 saturated heterocycles. The molecule has 2 aromatic carbocycles. The minimum Gasteiger partial charge on any atom is -0.484 e. The standard InChI is InChI=1S/C20H23N3O3/c1-16(24)21-17-7-9-18(10-8-17)22-11-13-23(14-12-22)20(25)15-26-19-5-3-2-4-6-19/h2-10H,11-15H2,1H3,(H,21,24). The summed E-state index contributed by atoms with van der Waals surface area (Å²) in [6.45, 7) is 4.45. The van der Waals surface area contributed by atoms with Gasteiger partial charge in [-0.05, 0) is 36.4 Å². The van der Waals surface area contributed by atoms with Crippen LogP contribution in [0.3, 0.4) is 0 Å². The van der Waals surface area contributed by atoms with Gasteiger partial charge in [0.1, 0.15) is 5.75 Å². The molecule has 0 unspecified atom stereocenters. The highest BCUT2D eigenvalue weighted by atomic mass is 16.5. The molecular weight excluding hydrogens is 330 g/mol. The largest absolute Gasteiger partial charge is 0.484 e. The molecule has 1 aliphatic rings. The number of nitrogens with zero attached hydrogens (tertiary/aromatic N) is 2. The molecule has 0 aliphatic carbocycles. The van der Waals surface area contributed by atoms with E-state index in [0.717, 1.165) is 24.5 Å². The van der Waals surface area contributed by atoms with Gasteiger partial charge in [0.25, 0.3) is 5.91 Å². The number of carbonyl (C=O) groups excluding carboxylic acids is 2. The van der Waals surface area contributed by atoms with E-state index in [9.17, 15) is 9.59 Å². The predicted octanol–water partition coefficient (Wildman–Crippen LogP) is 2.37. The van der Waals surface area contributed by atoms with Crippen LogP contribution < -0.4 is 15.0 Å². The third-order valence-corrected chi connectivity index (χ3v) is 4.29. The number of ether oxygens (including phenoxy) is 1. The number of anilines is 2. The van der Waals surface area contributed by atoms with E-state index in [-0.39, 0.29) is 18.4 Å². The molecule has 1 fully saturated rings. The first-order valence-corrected chi connectivity index (χ1v) is 8.70. The number of hydrogen-bond donors (Lipinski definition) is 1. The number of nitrogens with one attached hydrogen (secondary N) is 1. The molecule has 1 heterocycles. The van der Waals surface area contributed by atoms with Crippen LogP contribution in [-0.2, 0) is 9.59 Å². The fraction of sp³-hybridized carbons (Fsp3) is 0.300. The van der Waals surface area contributed by atoms with Gasteiger partial charge in [-0.3, -0.25) is 9.59 Å². The van der Waals surface area contributed by atoms with Crippen molar-refractivity contribution in [3.05, 3.63) is 54.6 Å². The molecular formula is C20H23N3O3. The summed E-state index contributed by atoms with van der Waals surface area (Å²) in [5.41, 5.74) is 1.87. The van der Waals surface area contributed by atoms with Crippen molar-refractivity contribution in [2.75, 3.05) is 43.0 Å². The number of amides is 2. The summed E-state index contributed by atoms with van der Waals surface area (Å²) in [5.74, 6) is 0.635. The van der Waals surface area contributed by atoms with E-state index in [4.69, 9.17) is 4.74 Å². The highest BCUT2D eigenvalue weighted by Gasteiger charge is 2.21. The summed E-state index contributed by atoms with van der Waals surface area (Å²) < 4.78 is 5.54. The Hall–Kier alpha value is -3.02. The van der Waals surface area contributed by atoms with Gasteiger partial charge in [-0.25, -0.2) is 0 Å². The fourth-order valence-corrected chi connectivity index (χ4v) is 2.93. The zero-order valence-electron chi connectivity index (χ0n) is 14.9. The molecule has 1 aliphatic heterocycles. The minimum atomic E-state index is -0.0809. The van der Waals surface area contributed by atoms with Crippen molar-refractivity contribution >= 4 is 23.2 Å². The Morgan fingerprint density at radius 2 is 1.62 bits per heavy atom. The molecule has 2 aromatic rings. The summed E-state index contributed by atoms with van der Waals surface area (Å²) in [4.78, 5) is 27.5. The first kappa shape index (κ1) is 17.8. The average Bonchev–Trinajstić information content (AvgIpc) is 2.67. The van der Waals surface area contributed by atoms with Crippen molar-refractivity contribution in [3.8, 4) is 5.75 Å². The van der Waals surface area contributed by atoms with Crippen LogP contribution >= 0.6 is 0 Å². The summed E-state index contributed by atoms with van der Waals surface area (Å²) >= 11 is 0. The second-order valence-electron chi connectivity index (χ2n) is 6.20. The van der Waals surface area contributed by atoms with Crippen LogP contribution in [0.25, 0.3) is 0 Å². The number of para-hydroxylation sites is 1. The Kier molecular flexibility index (Phi) is 5.73. The molecule has 0 radical (unpaired) electrons. The number of hydrogen-bond acceptors (Lipinski definition) is 4. The van der Waals surface area contributed by atoms with Crippen molar-refractivity contribution in [2.24, 2.45) is 0 Å². The molecule has 3 rings (SSSR count). The van der Waals surface area contributed by atoms with Gasteiger partial charge in [-0.1, -0.05) is 18.2 Å². The van der Waals surface area contributed by atoms with E-state index in [2.05, 4.69) is 10.2 Å². The predicted molar refractivity (Wildman–Crippen MR) is 101 cm³/mol. The molecule has 0 bridgehead atoms. The van der Waals surface area contributed by atoms with E-state index in [1.165, 1.54) is 6.92 Å². The molecule has 2 amide bonds. The van der Waals surface area contributed by atoms with Crippen LogP contribution in [0.2, 0.25) is 0 Å². The maximum absolute atomic E-state index is 12.3. The summed E-state index contributed by atoms with van der Waals surface area (Å²) in [5, 5.41) is 2.76. The Labute approximate surface area is 153 Å². The van der Waals surface area contributed by atoms with Gasteiger partial charge in [0, 0.05) is 44.5 Å². The van der Waals surface area contributed by atoms with Gasteiger partial charge < -0.3 is 19.9 Å². The van der Waals surface area contributed by atoms with Gasteiger partial charge >= 0.3 is 0 Å². The summed E-state index contributed by atoms with van der Waals surface area (Å²) in [6.07, 6.45) is 0. The number of benzene rings is 2. The monoisotopic (exact) mass is 353 g/mol. The normalized spacial score (nSPS) is 14.0. The van der Waals surface area contributed by atoms with Crippen LogP contribution in [0, 0.1) is 0 Å². The minimum absolute atomic E-state index is 0.00880. The van der Waals surface area contributed by atoms with Gasteiger partial charge in [-0.15, -0.1) is 0 Å². The molecule has 6 nitrogen and oxygen atoms in total. The lowest BCUT2D eigenvalue weighted by molar-refractivity contribution is -0.133. The van der Waals surface area contributed by atoms with Gasteiger partial charge in [0.15, 0.2) is 6.61 Å². The van der Waals surface area contributed by atoms with Crippen molar-refractivity contribution in [2.45, 2.75) is 6.92 Å². The first-order valence-electron chi connectivity index (χ1n) is 8.70. The third kappa shape index (κ3) is 4.75. The molecule has 0 atom stereocenters. The van der Waals surface area contributed by atoms with Crippen molar-refractivity contribution in [1.82, 2.24) is 4.90 Å². The lowest BCUT2D eigenvalue weighted by Gasteiger charge is -2.36.